The van der Waals surface area contributed by atoms with Gasteiger partial charge in [-0.1, -0.05) is 6.07 Å². The Kier molecular flexibility index (Phi) is 3.95. The first-order chi connectivity index (χ1) is 11.5. The number of carbonyl (C=O) groups excluding carboxylic acids is 3. The molecule has 6 nitrogen and oxygen atoms in total. The molecule has 0 unspecified atom stereocenters. The highest BCUT2D eigenvalue weighted by atomic mass is 19.1. The number of fused-ring (bicyclic) bond motifs is 1. The highest BCUT2D eigenvalue weighted by Gasteiger charge is 2.26. The number of hydrogen-bond acceptors (Lipinski definition) is 3. The molecule has 0 saturated heterocycles. The zero-order valence-corrected chi connectivity index (χ0v) is 12.2. The average Bonchev–Trinajstić information content (AvgIpc) is 2.81. The van der Waals surface area contributed by atoms with Crippen LogP contribution in [0.4, 0.5) is 19.3 Å². The predicted molar refractivity (Wildman–Crippen MR) is 80.5 cm³/mol. The molecule has 0 atom stereocenters. The largest absolute Gasteiger partial charge is 0.334 e. The van der Waals surface area contributed by atoms with E-state index in [1.54, 1.807) is 0 Å². The molecule has 0 aliphatic carbocycles. The molecule has 2 aromatic rings. The molecule has 0 spiro atoms. The zero-order valence-electron chi connectivity index (χ0n) is 12.2. The fourth-order valence-corrected chi connectivity index (χ4v) is 2.29. The second-order valence-corrected chi connectivity index (χ2v) is 5.05. The van der Waals surface area contributed by atoms with Gasteiger partial charge in [0.1, 0.15) is 11.6 Å². The molecule has 4 amide bonds. The third kappa shape index (κ3) is 2.94. The highest BCUT2D eigenvalue weighted by Crippen LogP contribution is 2.20. The maximum atomic E-state index is 13.5. The van der Waals surface area contributed by atoms with E-state index < -0.39 is 29.5 Å². The van der Waals surface area contributed by atoms with E-state index in [0.29, 0.717) is 0 Å². The summed E-state index contributed by atoms with van der Waals surface area (Å²) in [5.74, 6) is -2.57. The molecule has 0 fully saturated rings. The Morgan fingerprint density at radius 1 is 1.00 bits per heavy atom. The minimum atomic E-state index is -0.761. The lowest BCUT2D eigenvalue weighted by molar-refractivity contribution is 0.0879. The maximum absolute atomic E-state index is 13.5. The number of imide groups is 1. The molecule has 2 aromatic carbocycles. The molecule has 24 heavy (non-hydrogen) atoms. The van der Waals surface area contributed by atoms with Crippen molar-refractivity contribution in [2.45, 2.75) is 6.54 Å². The van der Waals surface area contributed by atoms with E-state index in [9.17, 15) is 23.2 Å². The van der Waals surface area contributed by atoms with Gasteiger partial charge in [0.25, 0.3) is 11.8 Å². The summed E-state index contributed by atoms with van der Waals surface area (Å²) in [5.41, 5.74) is 0.383. The topological polar surface area (TPSA) is 87.3 Å². The SMILES string of the molecule is O=C(NCc1c(F)cccc1F)Nc1ccc2c(c1)C(=O)NC2=O. The van der Waals surface area contributed by atoms with Crippen molar-refractivity contribution in [3.05, 3.63) is 64.7 Å². The van der Waals surface area contributed by atoms with Gasteiger partial charge in [-0.05, 0) is 30.3 Å². The number of hydrogen-bond donors (Lipinski definition) is 3. The third-order valence-electron chi connectivity index (χ3n) is 3.48. The van der Waals surface area contributed by atoms with E-state index in [1.807, 2.05) is 0 Å². The monoisotopic (exact) mass is 331 g/mol. The van der Waals surface area contributed by atoms with Crippen LogP contribution in [0.3, 0.4) is 0 Å². The summed E-state index contributed by atoms with van der Waals surface area (Å²) in [6, 6.07) is 6.90. The lowest BCUT2D eigenvalue weighted by atomic mass is 10.1. The average molecular weight is 331 g/mol. The second kappa shape index (κ2) is 6.07. The number of halogens is 2. The smallest absolute Gasteiger partial charge is 0.319 e. The number of benzene rings is 2. The molecule has 1 heterocycles. The van der Waals surface area contributed by atoms with Crippen LogP contribution in [0.2, 0.25) is 0 Å². The highest BCUT2D eigenvalue weighted by molar-refractivity contribution is 6.22. The van der Waals surface area contributed by atoms with Crippen LogP contribution >= 0.6 is 0 Å². The molecular weight excluding hydrogens is 320 g/mol. The lowest BCUT2D eigenvalue weighted by Gasteiger charge is -2.09. The fourth-order valence-electron chi connectivity index (χ4n) is 2.29. The molecule has 0 aromatic heterocycles. The summed E-state index contributed by atoms with van der Waals surface area (Å²) in [4.78, 5) is 34.8. The Hall–Kier alpha value is -3.29. The van der Waals surface area contributed by atoms with Crippen molar-refractivity contribution in [3.8, 4) is 0 Å². The van der Waals surface area contributed by atoms with Crippen molar-refractivity contribution < 1.29 is 23.2 Å². The van der Waals surface area contributed by atoms with Gasteiger partial charge in [0.2, 0.25) is 0 Å². The Morgan fingerprint density at radius 3 is 2.38 bits per heavy atom. The van der Waals surface area contributed by atoms with Crippen LogP contribution in [0, 0.1) is 11.6 Å². The van der Waals surface area contributed by atoms with Crippen molar-refractivity contribution in [2.24, 2.45) is 0 Å². The molecule has 1 aliphatic rings. The number of carbonyl (C=O) groups is 3. The normalized spacial score (nSPS) is 12.6. The van der Waals surface area contributed by atoms with Crippen LogP contribution in [0.5, 0.6) is 0 Å². The van der Waals surface area contributed by atoms with Gasteiger partial charge in [-0.25, -0.2) is 13.6 Å². The van der Waals surface area contributed by atoms with Gasteiger partial charge in [0.15, 0.2) is 0 Å². The molecule has 3 rings (SSSR count). The summed E-state index contributed by atoms with van der Waals surface area (Å²) in [6.45, 7) is -0.339. The van der Waals surface area contributed by atoms with Crippen LogP contribution in [0.25, 0.3) is 0 Å². The summed E-state index contributed by atoms with van der Waals surface area (Å²) in [5, 5.41) is 6.88. The van der Waals surface area contributed by atoms with Gasteiger partial charge < -0.3 is 10.6 Å². The van der Waals surface area contributed by atoms with Gasteiger partial charge in [-0.15, -0.1) is 0 Å². The Balaban J connectivity index is 1.67. The van der Waals surface area contributed by atoms with Crippen LogP contribution in [-0.2, 0) is 6.54 Å². The van der Waals surface area contributed by atoms with Gasteiger partial charge in [0.05, 0.1) is 17.7 Å². The van der Waals surface area contributed by atoms with E-state index >= 15 is 0 Å². The Morgan fingerprint density at radius 2 is 1.67 bits per heavy atom. The third-order valence-corrected chi connectivity index (χ3v) is 3.48. The first-order valence-electron chi connectivity index (χ1n) is 6.93. The quantitative estimate of drug-likeness (QED) is 0.753. The molecule has 0 bridgehead atoms. The van der Waals surface area contributed by atoms with E-state index in [2.05, 4.69) is 16.0 Å². The first kappa shape index (κ1) is 15.6. The van der Waals surface area contributed by atoms with Crippen molar-refractivity contribution in [2.75, 3.05) is 5.32 Å². The Labute approximate surface area is 134 Å². The van der Waals surface area contributed by atoms with Gasteiger partial charge in [-0.2, -0.15) is 0 Å². The summed E-state index contributed by atoms with van der Waals surface area (Å²) < 4.78 is 26.9. The molecule has 0 radical (unpaired) electrons. The minimum absolute atomic E-state index is 0.151. The van der Waals surface area contributed by atoms with Crippen molar-refractivity contribution in [1.29, 1.82) is 0 Å². The van der Waals surface area contributed by atoms with Crippen molar-refractivity contribution in [1.82, 2.24) is 10.6 Å². The molecule has 122 valence electrons. The number of nitrogens with one attached hydrogen (secondary N) is 3. The number of rotatable bonds is 3. The van der Waals surface area contributed by atoms with Gasteiger partial charge in [-0.3, -0.25) is 14.9 Å². The van der Waals surface area contributed by atoms with Crippen LogP contribution < -0.4 is 16.0 Å². The Bertz CT molecular complexity index is 847. The number of anilines is 1. The molecule has 8 heteroatoms. The van der Waals surface area contributed by atoms with Gasteiger partial charge in [0, 0.05) is 11.3 Å². The standard InChI is InChI=1S/C16H11F2N3O3/c17-12-2-1-3-13(18)11(12)7-19-16(24)20-8-4-5-9-10(6-8)15(23)21-14(9)22/h1-6H,7H2,(H2,19,20,24)(H,21,22,23). The molecule has 0 saturated carbocycles. The molecule has 3 N–H and O–H groups in total. The van der Waals surface area contributed by atoms with E-state index in [1.165, 1.54) is 24.3 Å². The molecular formula is C16H11F2N3O3. The van der Waals surface area contributed by atoms with Crippen LogP contribution in [0.1, 0.15) is 26.3 Å². The van der Waals surface area contributed by atoms with E-state index in [0.717, 1.165) is 12.1 Å². The number of urea groups is 1. The van der Waals surface area contributed by atoms with Crippen molar-refractivity contribution in [3.63, 3.8) is 0 Å². The summed E-state index contributed by atoms with van der Waals surface area (Å²) >= 11 is 0. The maximum Gasteiger partial charge on any atom is 0.319 e. The van der Waals surface area contributed by atoms with E-state index in [4.69, 9.17) is 0 Å². The number of amides is 4. The fraction of sp³-hybridized carbons (Fsp3) is 0.0625. The molecule has 1 aliphatic heterocycles. The van der Waals surface area contributed by atoms with Gasteiger partial charge >= 0.3 is 6.03 Å². The summed E-state index contributed by atoms with van der Waals surface area (Å²) in [6.07, 6.45) is 0. The lowest BCUT2D eigenvalue weighted by Crippen LogP contribution is -2.29. The van der Waals surface area contributed by atoms with Crippen LogP contribution in [0.15, 0.2) is 36.4 Å². The predicted octanol–water partition coefficient (Wildman–Crippen LogP) is 2.17. The van der Waals surface area contributed by atoms with Crippen LogP contribution in [-0.4, -0.2) is 17.8 Å². The zero-order chi connectivity index (χ0) is 17.3. The van der Waals surface area contributed by atoms with E-state index in [-0.39, 0.29) is 28.9 Å². The second-order valence-electron chi connectivity index (χ2n) is 5.05. The van der Waals surface area contributed by atoms with Crippen molar-refractivity contribution >= 4 is 23.5 Å². The first-order valence-corrected chi connectivity index (χ1v) is 6.93. The summed E-state index contributed by atoms with van der Waals surface area (Å²) in [7, 11) is 0. The minimum Gasteiger partial charge on any atom is -0.334 e.